The van der Waals surface area contributed by atoms with Gasteiger partial charge in [-0.15, -0.1) is 0 Å². The number of amides is 1. The van der Waals surface area contributed by atoms with Crippen LogP contribution in [0, 0.1) is 30.6 Å². The quantitative estimate of drug-likeness (QED) is 0.854. The van der Waals surface area contributed by atoms with Gasteiger partial charge in [0.25, 0.3) is 5.91 Å². The fourth-order valence-electron chi connectivity index (χ4n) is 2.34. The van der Waals surface area contributed by atoms with Crippen LogP contribution in [0.3, 0.4) is 0 Å². The Morgan fingerprint density at radius 3 is 2.80 bits per heavy atom. The van der Waals surface area contributed by atoms with Gasteiger partial charge >= 0.3 is 0 Å². The molecule has 1 aromatic carbocycles. The molecule has 1 aliphatic rings. The van der Waals surface area contributed by atoms with E-state index in [-0.39, 0.29) is 5.91 Å². The maximum Gasteiger partial charge on any atom is 0.253 e. The molecule has 1 aliphatic carbocycles. The van der Waals surface area contributed by atoms with Crippen molar-refractivity contribution in [3.8, 4) is 11.8 Å². The van der Waals surface area contributed by atoms with Crippen molar-refractivity contribution in [1.29, 1.82) is 0 Å². The normalized spacial score (nSPS) is 20.0. The lowest BCUT2D eigenvalue weighted by Gasteiger charge is -2.17. The number of aryl methyl sites for hydroxylation is 1. The second-order valence-corrected chi connectivity index (χ2v) is 5.69. The average Bonchev–Trinajstić information content (AvgIpc) is 3.12. The van der Waals surface area contributed by atoms with E-state index in [1.807, 2.05) is 37.1 Å². The Labute approximate surface area is 121 Å². The summed E-state index contributed by atoms with van der Waals surface area (Å²) in [7, 11) is 1.87. The SMILES string of the molecule is Cc1ccc(C(=O)N(C)CC2CC2C)cc1C#CCN. The highest BCUT2D eigenvalue weighted by molar-refractivity contribution is 5.94. The molecule has 0 heterocycles. The van der Waals surface area contributed by atoms with Crippen molar-refractivity contribution in [2.24, 2.45) is 17.6 Å². The van der Waals surface area contributed by atoms with E-state index in [0.29, 0.717) is 18.0 Å². The number of carbonyl (C=O) groups is 1. The standard InChI is InChI=1S/C17H22N2O/c1-12-6-7-15(10-14(12)5-4-8-18)17(20)19(3)11-16-9-13(16)2/h6-7,10,13,16H,8-9,11,18H2,1-3H3. The highest BCUT2D eigenvalue weighted by Crippen LogP contribution is 2.38. The van der Waals surface area contributed by atoms with Gasteiger partial charge < -0.3 is 10.6 Å². The van der Waals surface area contributed by atoms with E-state index in [4.69, 9.17) is 5.73 Å². The van der Waals surface area contributed by atoms with Gasteiger partial charge in [0.05, 0.1) is 6.54 Å². The van der Waals surface area contributed by atoms with Gasteiger partial charge in [-0.05, 0) is 42.9 Å². The second kappa shape index (κ2) is 6.11. The molecule has 20 heavy (non-hydrogen) atoms. The molecular formula is C17H22N2O. The minimum absolute atomic E-state index is 0.0694. The van der Waals surface area contributed by atoms with E-state index in [9.17, 15) is 4.79 Å². The zero-order valence-electron chi connectivity index (χ0n) is 12.4. The maximum absolute atomic E-state index is 12.4. The molecule has 0 bridgehead atoms. The average molecular weight is 270 g/mol. The predicted molar refractivity (Wildman–Crippen MR) is 81.3 cm³/mol. The molecule has 0 radical (unpaired) electrons. The molecule has 1 saturated carbocycles. The molecule has 0 spiro atoms. The summed E-state index contributed by atoms with van der Waals surface area (Å²) >= 11 is 0. The van der Waals surface area contributed by atoms with Crippen LogP contribution >= 0.6 is 0 Å². The van der Waals surface area contributed by atoms with Crippen molar-refractivity contribution in [1.82, 2.24) is 4.90 Å². The molecular weight excluding hydrogens is 248 g/mol. The second-order valence-electron chi connectivity index (χ2n) is 5.69. The van der Waals surface area contributed by atoms with Gasteiger partial charge in [0, 0.05) is 24.7 Å². The number of hydrogen-bond donors (Lipinski definition) is 1. The summed E-state index contributed by atoms with van der Waals surface area (Å²) in [6.45, 7) is 5.40. The largest absolute Gasteiger partial charge is 0.341 e. The summed E-state index contributed by atoms with van der Waals surface area (Å²) in [6, 6.07) is 5.69. The molecule has 0 saturated heterocycles. The molecule has 0 aliphatic heterocycles. The van der Waals surface area contributed by atoms with Gasteiger partial charge in [-0.25, -0.2) is 0 Å². The van der Waals surface area contributed by atoms with Crippen molar-refractivity contribution in [3.63, 3.8) is 0 Å². The predicted octanol–water partition coefficient (Wildman–Crippen LogP) is 2.03. The molecule has 1 amide bonds. The Morgan fingerprint density at radius 2 is 2.20 bits per heavy atom. The summed E-state index contributed by atoms with van der Waals surface area (Å²) in [6.07, 6.45) is 1.23. The monoisotopic (exact) mass is 270 g/mol. The van der Waals surface area contributed by atoms with Crippen molar-refractivity contribution in [3.05, 3.63) is 34.9 Å². The minimum atomic E-state index is 0.0694. The first kappa shape index (κ1) is 14.6. The van der Waals surface area contributed by atoms with Crippen molar-refractivity contribution >= 4 is 5.91 Å². The van der Waals surface area contributed by atoms with Gasteiger partial charge in [-0.3, -0.25) is 4.79 Å². The molecule has 1 aromatic rings. The Kier molecular flexibility index (Phi) is 4.46. The first-order valence-electron chi connectivity index (χ1n) is 7.08. The third-order valence-corrected chi connectivity index (χ3v) is 3.94. The van der Waals surface area contributed by atoms with Crippen molar-refractivity contribution in [2.45, 2.75) is 20.3 Å². The Balaban J connectivity index is 2.13. The lowest BCUT2D eigenvalue weighted by Crippen LogP contribution is -2.29. The fraction of sp³-hybridized carbons (Fsp3) is 0.471. The number of rotatable bonds is 3. The summed E-state index contributed by atoms with van der Waals surface area (Å²) in [4.78, 5) is 14.2. The maximum atomic E-state index is 12.4. The van der Waals surface area contributed by atoms with Gasteiger partial charge in [0.2, 0.25) is 0 Å². The minimum Gasteiger partial charge on any atom is -0.341 e. The fourth-order valence-corrected chi connectivity index (χ4v) is 2.34. The molecule has 2 rings (SSSR count). The van der Waals surface area contributed by atoms with Crippen LogP contribution in [0.15, 0.2) is 18.2 Å². The van der Waals surface area contributed by atoms with Gasteiger partial charge in [0.1, 0.15) is 0 Å². The first-order chi connectivity index (χ1) is 9.52. The van der Waals surface area contributed by atoms with Crippen LogP contribution in [-0.4, -0.2) is 30.9 Å². The summed E-state index contributed by atoms with van der Waals surface area (Å²) in [5.41, 5.74) is 8.05. The highest BCUT2D eigenvalue weighted by Gasteiger charge is 2.34. The molecule has 3 nitrogen and oxygen atoms in total. The van der Waals surface area contributed by atoms with Crippen LogP contribution in [-0.2, 0) is 0 Å². The van der Waals surface area contributed by atoms with E-state index in [0.717, 1.165) is 23.6 Å². The highest BCUT2D eigenvalue weighted by atomic mass is 16.2. The van der Waals surface area contributed by atoms with Crippen LogP contribution in [0.1, 0.15) is 34.8 Å². The molecule has 0 aromatic heterocycles. The van der Waals surface area contributed by atoms with Gasteiger partial charge in [-0.2, -0.15) is 0 Å². The molecule has 106 valence electrons. The summed E-state index contributed by atoms with van der Waals surface area (Å²) < 4.78 is 0. The molecule has 1 fully saturated rings. The molecule has 2 atom stereocenters. The number of nitrogens with zero attached hydrogens (tertiary/aromatic N) is 1. The van der Waals surface area contributed by atoms with E-state index in [1.54, 1.807) is 0 Å². The Morgan fingerprint density at radius 1 is 1.50 bits per heavy atom. The Hall–Kier alpha value is -1.79. The number of benzene rings is 1. The van der Waals surface area contributed by atoms with Crippen LogP contribution < -0.4 is 5.73 Å². The summed E-state index contributed by atoms with van der Waals surface area (Å²) in [5.74, 6) is 7.36. The summed E-state index contributed by atoms with van der Waals surface area (Å²) in [5, 5.41) is 0. The lowest BCUT2D eigenvalue weighted by molar-refractivity contribution is 0.0787. The molecule has 2 N–H and O–H groups in total. The van der Waals surface area contributed by atoms with Crippen molar-refractivity contribution in [2.75, 3.05) is 20.1 Å². The van der Waals surface area contributed by atoms with E-state index in [1.165, 1.54) is 6.42 Å². The van der Waals surface area contributed by atoms with Gasteiger partial charge in [0.15, 0.2) is 0 Å². The van der Waals surface area contributed by atoms with Crippen LogP contribution in [0.25, 0.3) is 0 Å². The topological polar surface area (TPSA) is 46.3 Å². The third kappa shape index (κ3) is 3.40. The number of carbonyl (C=O) groups excluding carboxylic acids is 1. The van der Waals surface area contributed by atoms with Gasteiger partial charge in [-0.1, -0.05) is 24.8 Å². The van der Waals surface area contributed by atoms with E-state index >= 15 is 0 Å². The van der Waals surface area contributed by atoms with Crippen LogP contribution in [0.2, 0.25) is 0 Å². The lowest BCUT2D eigenvalue weighted by atomic mass is 10.0. The Bertz CT molecular complexity index is 568. The van der Waals surface area contributed by atoms with E-state index < -0.39 is 0 Å². The zero-order chi connectivity index (χ0) is 14.7. The third-order valence-electron chi connectivity index (χ3n) is 3.94. The number of nitrogens with two attached hydrogens (primary N) is 1. The van der Waals surface area contributed by atoms with Crippen molar-refractivity contribution < 1.29 is 4.79 Å². The van der Waals surface area contributed by atoms with Crippen LogP contribution in [0.5, 0.6) is 0 Å². The molecule has 2 unspecified atom stereocenters. The van der Waals surface area contributed by atoms with E-state index in [2.05, 4.69) is 18.8 Å². The zero-order valence-corrected chi connectivity index (χ0v) is 12.4. The smallest absolute Gasteiger partial charge is 0.253 e. The van der Waals surface area contributed by atoms with Crippen LogP contribution in [0.4, 0.5) is 0 Å². The molecule has 3 heteroatoms. The first-order valence-corrected chi connectivity index (χ1v) is 7.08. The number of hydrogen-bond acceptors (Lipinski definition) is 2.